The fraction of sp³-hybridized carbons (Fsp3) is 1.00. The highest BCUT2D eigenvalue weighted by Crippen LogP contribution is 2.28. The molecule has 0 amide bonds. The van der Waals surface area contributed by atoms with E-state index in [-0.39, 0.29) is 11.2 Å². The topological polar surface area (TPSA) is 42.5 Å². The summed E-state index contributed by atoms with van der Waals surface area (Å²) in [4.78, 5) is 0. The van der Waals surface area contributed by atoms with E-state index in [0.29, 0.717) is 12.2 Å². The molecule has 0 aromatic heterocycles. The Morgan fingerprint density at radius 1 is 0.895 bits per heavy atom. The SMILES string of the molecule is CC1CNCC(C)(CCCC2(C)CNCC(C)O2)O1. The van der Waals surface area contributed by atoms with Gasteiger partial charge in [-0.3, -0.25) is 0 Å². The normalized spacial score (nSPS) is 44.2. The van der Waals surface area contributed by atoms with Gasteiger partial charge in [0, 0.05) is 26.2 Å². The predicted octanol–water partition coefficient (Wildman–Crippen LogP) is 1.69. The molecular weight excluding hydrogens is 240 g/mol. The molecule has 0 saturated carbocycles. The molecule has 4 unspecified atom stereocenters. The van der Waals surface area contributed by atoms with Gasteiger partial charge in [0.2, 0.25) is 0 Å². The first kappa shape index (κ1) is 15.2. The minimum Gasteiger partial charge on any atom is -0.370 e. The molecule has 2 heterocycles. The highest BCUT2D eigenvalue weighted by molar-refractivity contribution is 4.88. The van der Waals surface area contributed by atoms with Crippen LogP contribution in [0.1, 0.15) is 47.0 Å². The lowest BCUT2D eigenvalue weighted by Crippen LogP contribution is -2.52. The van der Waals surface area contributed by atoms with Crippen LogP contribution in [0.2, 0.25) is 0 Å². The van der Waals surface area contributed by atoms with Gasteiger partial charge in [-0.05, 0) is 47.0 Å². The van der Waals surface area contributed by atoms with E-state index < -0.39 is 0 Å². The van der Waals surface area contributed by atoms with Crippen molar-refractivity contribution < 1.29 is 9.47 Å². The second-order valence-electron chi connectivity index (χ2n) is 6.87. The Balaban J connectivity index is 1.76. The van der Waals surface area contributed by atoms with Crippen LogP contribution < -0.4 is 10.6 Å². The summed E-state index contributed by atoms with van der Waals surface area (Å²) >= 11 is 0. The van der Waals surface area contributed by atoms with E-state index in [1.165, 1.54) is 0 Å². The molecule has 4 nitrogen and oxygen atoms in total. The van der Waals surface area contributed by atoms with Crippen molar-refractivity contribution in [3.8, 4) is 0 Å². The van der Waals surface area contributed by atoms with E-state index in [1.54, 1.807) is 0 Å². The second-order valence-corrected chi connectivity index (χ2v) is 6.87. The third-order valence-corrected chi connectivity index (χ3v) is 4.24. The van der Waals surface area contributed by atoms with E-state index in [9.17, 15) is 0 Å². The zero-order valence-corrected chi connectivity index (χ0v) is 12.9. The summed E-state index contributed by atoms with van der Waals surface area (Å²) in [5.41, 5.74) is -0.0243. The van der Waals surface area contributed by atoms with Crippen molar-refractivity contribution >= 4 is 0 Å². The Kier molecular flexibility index (Phi) is 4.88. The molecule has 0 bridgehead atoms. The van der Waals surface area contributed by atoms with Crippen molar-refractivity contribution in [3.05, 3.63) is 0 Å². The molecule has 4 atom stereocenters. The van der Waals surface area contributed by atoms with Crippen molar-refractivity contribution in [1.29, 1.82) is 0 Å². The second kappa shape index (κ2) is 6.08. The zero-order valence-electron chi connectivity index (χ0n) is 12.9. The molecule has 0 aromatic rings. The molecule has 2 fully saturated rings. The van der Waals surface area contributed by atoms with Gasteiger partial charge < -0.3 is 20.1 Å². The summed E-state index contributed by atoms with van der Waals surface area (Å²) in [7, 11) is 0. The quantitative estimate of drug-likeness (QED) is 0.816. The van der Waals surface area contributed by atoms with Crippen molar-refractivity contribution in [2.75, 3.05) is 26.2 Å². The van der Waals surface area contributed by atoms with Crippen molar-refractivity contribution in [1.82, 2.24) is 10.6 Å². The summed E-state index contributed by atoms with van der Waals surface area (Å²) in [5, 5.41) is 6.92. The van der Waals surface area contributed by atoms with Crippen LogP contribution in [0.5, 0.6) is 0 Å². The molecule has 112 valence electrons. The average Bonchev–Trinajstić information content (AvgIpc) is 2.27. The van der Waals surface area contributed by atoms with Crippen LogP contribution in [0.3, 0.4) is 0 Å². The Labute approximate surface area is 117 Å². The van der Waals surface area contributed by atoms with E-state index in [4.69, 9.17) is 9.47 Å². The van der Waals surface area contributed by atoms with E-state index in [2.05, 4.69) is 38.3 Å². The Bertz CT molecular complexity index is 272. The maximum Gasteiger partial charge on any atom is 0.0782 e. The first-order valence-electron chi connectivity index (χ1n) is 7.68. The molecule has 4 heteroatoms. The van der Waals surface area contributed by atoms with Crippen LogP contribution >= 0.6 is 0 Å². The van der Waals surface area contributed by atoms with Gasteiger partial charge in [0.1, 0.15) is 0 Å². The summed E-state index contributed by atoms with van der Waals surface area (Å²) in [6.45, 7) is 12.6. The van der Waals surface area contributed by atoms with Crippen LogP contribution in [-0.2, 0) is 9.47 Å². The van der Waals surface area contributed by atoms with Gasteiger partial charge in [0.05, 0.1) is 23.4 Å². The average molecular weight is 270 g/mol. The Morgan fingerprint density at radius 2 is 1.32 bits per heavy atom. The third-order valence-electron chi connectivity index (χ3n) is 4.24. The van der Waals surface area contributed by atoms with Gasteiger partial charge >= 0.3 is 0 Å². The van der Waals surface area contributed by atoms with Crippen LogP contribution in [0, 0.1) is 0 Å². The first-order valence-corrected chi connectivity index (χ1v) is 7.68. The monoisotopic (exact) mass is 270 g/mol. The third kappa shape index (κ3) is 4.42. The molecule has 2 N–H and O–H groups in total. The summed E-state index contributed by atoms with van der Waals surface area (Å²) in [6.07, 6.45) is 3.98. The molecule has 0 aromatic carbocycles. The number of hydrogen-bond donors (Lipinski definition) is 2. The lowest BCUT2D eigenvalue weighted by atomic mass is 9.90. The Hall–Kier alpha value is -0.160. The van der Waals surface area contributed by atoms with Gasteiger partial charge in [-0.1, -0.05) is 0 Å². The number of morpholine rings is 2. The van der Waals surface area contributed by atoms with E-state index in [1.807, 2.05) is 0 Å². The molecule has 0 aliphatic carbocycles. The van der Waals surface area contributed by atoms with Gasteiger partial charge in [-0.15, -0.1) is 0 Å². The van der Waals surface area contributed by atoms with Gasteiger partial charge in [-0.2, -0.15) is 0 Å². The van der Waals surface area contributed by atoms with Crippen LogP contribution in [0.15, 0.2) is 0 Å². The molecular formula is C15H30N2O2. The van der Waals surface area contributed by atoms with Crippen LogP contribution in [-0.4, -0.2) is 49.6 Å². The fourth-order valence-electron chi connectivity index (χ4n) is 3.35. The molecule has 2 saturated heterocycles. The van der Waals surface area contributed by atoms with E-state index in [0.717, 1.165) is 45.4 Å². The maximum atomic E-state index is 6.10. The first-order chi connectivity index (χ1) is 8.91. The standard InChI is InChI=1S/C15H30N2O2/c1-12-8-16-10-14(3,18-12)6-5-7-15(4)11-17-9-13(2)19-15/h12-13,16-17H,5-11H2,1-4H3. The minimum absolute atomic E-state index is 0.0122. The largest absolute Gasteiger partial charge is 0.370 e. The van der Waals surface area contributed by atoms with Crippen molar-refractivity contribution in [2.45, 2.75) is 70.4 Å². The minimum atomic E-state index is -0.0122. The number of ether oxygens (including phenoxy) is 2. The highest BCUT2D eigenvalue weighted by Gasteiger charge is 2.34. The maximum absolute atomic E-state index is 6.10. The number of nitrogens with one attached hydrogen (secondary N) is 2. The number of hydrogen-bond acceptors (Lipinski definition) is 4. The summed E-state index contributed by atoms with van der Waals surface area (Å²) in [5.74, 6) is 0. The molecule has 2 rings (SSSR count). The Morgan fingerprint density at radius 3 is 1.68 bits per heavy atom. The highest BCUT2D eigenvalue weighted by atomic mass is 16.5. The molecule has 0 spiro atoms. The number of rotatable bonds is 4. The molecule has 2 aliphatic heterocycles. The van der Waals surface area contributed by atoms with Crippen molar-refractivity contribution in [2.24, 2.45) is 0 Å². The van der Waals surface area contributed by atoms with Gasteiger partial charge in [0.15, 0.2) is 0 Å². The van der Waals surface area contributed by atoms with Gasteiger partial charge in [0.25, 0.3) is 0 Å². The lowest BCUT2D eigenvalue weighted by Gasteiger charge is -2.41. The zero-order chi connectivity index (χ0) is 13.9. The summed E-state index contributed by atoms with van der Waals surface area (Å²) in [6, 6.07) is 0. The fourth-order valence-corrected chi connectivity index (χ4v) is 3.35. The smallest absolute Gasteiger partial charge is 0.0782 e. The van der Waals surface area contributed by atoms with Gasteiger partial charge in [-0.25, -0.2) is 0 Å². The summed E-state index contributed by atoms with van der Waals surface area (Å²) < 4.78 is 12.2. The van der Waals surface area contributed by atoms with E-state index >= 15 is 0 Å². The molecule has 19 heavy (non-hydrogen) atoms. The molecule has 2 aliphatic rings. The molecule has 0 radical (unpaired) electrons. The van der Waals surface area contributed by atoms with Crippen LogP contribution in [0.25, 0.3) is 0 Å². The van der Waals surface area contributed by atoms with Crippen LogP contribution in [0.4, 0.5) is 0 Å². The predicted molar refractivity (Wildman–Crippen MR) is 77.5 cm³/mol. The van der Waals surface area contributed by atoms with Crippen molar-refractivity contribution in [3.63, 3.8) is 0 Å². The lowest BCUT2D eigenvalue weighted by molar-refractivity contribution is -0.118.